The fourth-order valence-corrected chi connectivity index (χ4v) is 1.81. The molecule has 0 fully saturated rings. The normalized spacial score (nSPS) is 12.6. The highest BCUT2D eigenvalue weighted by atomic mass is 16.1. The molecule has 1 aromatic carbocycles. The Hall–Kier alpha value is -1.37. The number of allylic oxidation sites excluding steroid dienone is 2. The summed E-state index contributed by atoms with van der Waals surface area (Å²) >= 11 is 0. The molecule has 0 unspecified atom stereocenters. The first-order chi connectivity index (χ1) is 7.07. The molecule has 1 nitrogen and oxygen atoms in total. The van der Waals surface area contributed by atoms with Crippen molar-refractivity contribution in [1.82, 2.24) is 0 Å². The number of benzene rings is 1. The second kappa shape index (κ2) is 4.92. The number of hydrogen-bond donors (Lipinski definition) is 0. The van der Waals surface area contributed by atoms with E-state index in [4.69, 9.17) is 0 Å². The fourth-order valence-electron chi connectivity index (χ4n) is 1.81. The topological polar surface area (TPSA) is 17.1 Å². The van der Waals surface area contributed by atoms with E-state index in [1.165, 1.54) is 11.1 Å². The molecule has 0 N–H and O–H groups in total. The Morgan fingerprint density at radius 1 is 1.27 bits per heavy atom. The van der Waals surface area contributed by atoms with Crippen LogP contribution in [0.1, 0.15) is 31.9 Å². The molecule has 0 radical (unpaired) electrons. The number of rotatable bonds is 3. The zero-order chi connectivity index (χ0) is 11.4. The highest BCUT2D eigenvalue weighted by molar-refractivity contribution is 5.88. The molecule has 0 atom stereocenters. The average Bonchev–Trinajstić information content (AvgIpc) is 2.18. The molecule has 15 heavy (non-hydrogen) atoms. The maximum Gasteiger partial charge on any atom is 0.146 e. The van der Waals surface area contributed by atoms with Crippen LogP contribution in [0.15, 0.2) is 29.8 Å². The largest absolute Gasteiger partial charge is 0.298 e. The summed E-state index contributed by atoms with van der Waals surface area (Å²) in [7, 11) is 0. The molecule has 0 aromatic heterocycles. The van der Waals surface area contributed by atoms with Crippen molar-refractivity contribution in [3.05, 3.63) is 41.0 Å². The van der Waals surface area contributed by atoms with Gasteiger partial charge in [-0.25, -0.2) is 0 Å². The lowest BCUT2D eigenvalue weighted by Crippen LogP contribution is -2.00. The van der Waals surface area contributed by atoms with Crippen molar-refractivity contribution < 1.29 is 4.79 Å². The number of carbonyl (C=O) groups excluding carboxylic acids is 1. The van der Waals surface area contributed by atoms with Gasteiger partial charge in [0.25, 0.3) is 0 Å². The number of aryl methyl sites for hydroxylation is 1. The van der Waals surface area contributed by atoms with Gasteiger partial charge in [-0.2, -0.15) is 0 Å². The molecule has 1 rings (SSSR count). The maximum atomic E-state index is 11.0. The zero-order valence-electron chi connectivity index (χ0n) is 9.87. The molecule has 0 saturated heterocycles. The van der Waals surface area contributed by atoms with Crippen molar-refractivity contribution in [1.29, 1.82) is 0 Å². The molecule has 0 amide bonds. The molecule has 0 heterocycles. The zero-order valence-corrected chi connectivity index (χ0v) is 9.87. The number of aldehydes is 1. The Morgan fingerprint density at radius 2 is 1.87 bits per heavy atom. The van der Waals surface area contributed by atoms with Crippen molar-refractivity contribution in [2.75, 3.05) is 0 Å². The predicted octanol–water partition coefficient (Wildman–Crippen LogP) is 3.62. The molecule has 0 bridgehead atoms. The molecular formula is C14H18O. The van der Waals surface area contributed by atoms with Gasteiger partial charge in [-0.15, -0.1) is 0 Å². The highest BCUT2D eigenvalue weighted by Gasteiger charge is 2.09. The summed E-state index contributed by atoms with van der Waals surface area (Å²) in [6.45, 7) is 8.19. The second-order valence-corrected chi connectivity index (χ2v) is 4.17. The summed E-state index contributed by atoms with van der Waals surface area (Å²) in [4.78, 5) is 11.0. The first kappa shape index (κ1) is 11.7. The maximum absolute atomic E-state index is 11.0. The smallest absolute Gasteiger partial charge is 0.146 e. The van der Waals surface area contributed by atoms with E-state index in [9.17, 15) is 4.79 Å². The predicted molar refractivity (Wildman–Crippen MR) is 64.7 cm³/mol. The number of carbonyl (C=O) groups is 1. The van der Waals surface area contributed by atoms with Gasteiger partial charge in [0, 0.05) is 0 Å². The van der Waals surface area contributed by atoms with Crippen molar-refractivity contribution in [3.63, 3.8) is 0 Å². The Bertz CT molecular complexity index is 386. The summed E-state index contributed by atoms with van der Waals surface area (Å²) in [5.74, 6) is 0.280. The van der Waals surface area contributed by atoms with Crippen LogP contribution in [0.25, 0.3) is 5.57 Å². The van der Waals surface area contributed by atoms with Crippen LogP contribution in [-0.2, 0) is 4.79 Å². The van der Waals surface area contributed by atoms with Gasteiger partial charge in [-0.05, 0) is 42.0 Å². The van der Waals surface area contributed by atoms with Crippen LogP contribution >= 0.6 is 0 Å². The van der Waals surface area contributed by atoms with E-state index in [-0.39, 0.29) is 5.92 Å². The van der Waals surface area contributed by atoms with Gasteiger partial charge in [0.2, 0.25) is 0 Å². The Balaban J connectivity index is 3.28. The van der Waals surface area contributed by atoms with Crippen LogP contribution in [0.4, 0.5) is 0 Å². The average molecular weight is 202 g/mol. The summed E-state index contributed by atoms with van der Waals surface area (Å²) in [6.07, 6.45) is 0.979. The van der Waals surface area contributed by atoms with Gasteiger partial charge in [-0.1, -0.05) is 38.1 Å². The van der Waals surface area contributed by atoms with E-state index in [1.54, 1.807) is 0 Å². The van der Waals surface area contributed by atoms with Crippen molar-refractivity contribution in [3.8, 4) is 0 Å². The highest BCUT2D eigenvalue weighted by Crippen LogP contribution is 2.24. The fraction of sp³-hybridized carbons (Fsp3) is 0.357. The molecule has 1 aromatic rings. The molecule has 80 valence electrons. The standard InChI is InChI=1S/C14H18O/c1-10(2)14(9-15)12(4)13-8-6-5-7-11(13)3/h5-10H,1-4H3/b14-12+. The third-order valence-electron chi connectivity index (χ3n) is 2.73. The molecule has 1 heteroatoms. The molecule has 0 spiro atoms. The molecule has 0 aliphatic carbocycles. The first-order valence-corrected chi connectivity index (χ1v) is 5.30. The summed E-state index contributed by atoms with van der Waals surface area (Å²) < 4.78 is 0. The van der Waals surface area contributed by atoms with E-state index >= 15 is 0 Å². The van der Waals surface area contributed by atoms with Gasteiger partial charge in [0.15, 0.2) is 0 Å². The number of hydrogen-bond acceptors (Lipinski definition) is 1. The van der Waals surface area contributed by atoms with Crippen LogP contribution < -0.4 is 0 Å². The van der Waals surface area contributed by atoms with Gasteiger partial charge in [0.05, 0.1) is 0 Å². The minimum absolute atomic E-state index is 0.280. The SMILES string of the molecule is C/C(=C(/C=O)C(C)C)c1ccccc1C. The molecular weight excluding hydrogens is 184 g/mol. The van der Waals surface area contributed by atoms with Gasteiger partial charge in [0.1, 0.15) is 6.29 Å². The van der Waals surface area contributed by atoms with Crippen LogP contribution in [0, 0.1) is 12.8 Å². The third kappa shape index (κ3) is 2.56. The molecule has 0 saturated carbocycles. The Kier molecular flexibility index (Phi) is 3.84. The minimum Gasteiger partial charge on any atom is -0.298 e. The van der Waals surface area contributed by atoms with E-state index in [1.807, 2.05) is 32.9 Å². The summed E-state index contributed by atoms with van der Waals surface area (Å²) in [5.41, 5.74) is 4.38. The second-order valence-electron chi connectivity index (χ2n) is 4.17. The van der Waals surface area contributed by atoms with E-state index in [2.05, 4.69) is 19.1 Å². The van der Waals surface area contributed by atoms with Crippen molar-refractivity contribution >= 4 is 11.9 Å². The van der Waals surface area contributed by atoms with E-state index < -0.39 is 0 Å². The van der Waals surface area contributed by atoms with Crippen molar-refractivity contribution in [2.45, 2.75) is 27.7 Å². The van der Waals surface area contributed by atoms with Gasteiger partial charge >= 0.3 is 0 Å². The van der Waals surface area contributed by atoms with Crippen molar-refractivity contribution in [2.24, 2.45) is 5.92 Å². The lowest BCUT2D eigenvalue weighted by molar-refractivity contribution is -0.105. The molecule has 0 aliphatic heterocycles. The van der Waals surface area contributed by atoms with Crippen LogP contribution in [-0.4, -0.2) is 6.29 Å². The van der Waals surface area contributed by atoms with Gasteiger partial charge < -0.3 is 0 Å². The third-order valence-corrected chi connectivity index (χ3v) is 2.73. The Morgan fingerprint density at radius 3 is 2.33 bits per heavy atom. The van der Waals surface area contributed by atoms with E-state index in [0.717, 1.165) is 17.4 Å². The van der Waals surface area contributed by atoms with Gasteiger partial charge in [-0.3, -0.25) is 4.79 Å². The van der Waals surface area contributed by atoms with Crippen LogP contribution in [0.3, 0.4) is 0 Å². The lowest BCUT2D eigenvalue weighted by atomic mass is 9.92. The van der Waals surface area contributed by atoms with Crippen LogP contribution in [0.5, 0.6) is 0 Å². The lowest BCUT2D eigenvalue weighted by Gasteiger charge is -2.12. The Labute approximate surface area is 91.8 Å². The van der Waals surface area contributed by atoms with E-state index in [0.29, 0.717) is 0 Å². The van der Waals surface area contributed by atoms with Crippen LogP contribution in [0.2, 0.25) is 0 Å². The molecule has 0 aliphatic rings. The first-order valence-electron chi connectivity index (χ1n) is 5.30. The summed E-state index contributed by atoms with van der Waals surface area (Å²) in [5, 5.41) is 0. The minimum atomic E-state index is 0.280. The quantitative estimate of drug-likeness (QED) is 0.540. The summed E-state index contributed by atoms with van der Waals surface area (Å²) in [6, 6.07) is 8.16. The monoisotopic (exact) mass is 202 g/mol.